The number of aliphatic carboxylic acids is 1. The summed E-state index contributed by atoms with van der Waals surface area (Å²) in [6.45, 7) is 16.9. The largest absolute Gasteiger partial charge is 0.480 e. The lowest BCUT2D eigenvalue weighted by atomic mass is 10.00. The van der Waals surface area contributed by atoms with Crippen LogP contribution in [-0.4, -0.2) is 123 Å². The number of aliphatic hydroxyl groups excluding tert-OH is 1. The van der Waals surface area contributed by atoms with Crippen molar-refractivity contribution in [3.8, 4) is 0 Å². The molecule has 0 aliphatic rings. The number of hydrogen-bond donors (Lipinski definition) is 2. The van der Waals surface area contributed by atoms with Gasteiger partial charge in [-0.3, -0.25) is 9.80 Å². The fourth-order valence-electron chi connectivity index (χ4n) is 6.72. The van der Waals surface area contributed by atoms with Gasteiger partial charge >= 0.3 is 41.6 Å². The molecule has 0 saturated heterocycles. The molecule has 0 aromatic heterocycles. The van der Waals surface area contributed by atoms with Crippen LogP contribution in [0.5, 0.6) is 0 Å². The van der Waals surface area contributed by atoms with Gasteiger partial charge < -0.3 is 33.9 Å². The minimum Gasteiger partial charge on any atom is -0.480 e. The molecular formula is C58H135F5N2O13S. The van der Waals surface area contributed by atoms with Gasteiger partial charge in [0.1, 0.15) is 47.8 Å². The fourth-order valence-corrected chi connectivity index (χ4v) is 7.26. The van der Waals surface area contributed by atoms with Gasteiger partial charge in [0, 0.05) is 132 Å². The predicted octanol–water partition coefficient (Wildman–Crippen LogP) is 19.3. The molecule has 2 N–H and O–H groups in total. The summed E-state index contributed by atoms with van der Waals surface area (Å²) in [5, 5.41) is 18.9. The molecule has 0 aliphatic carbocycles. The first kappa shape index (κ1) is 35.1. The summed E-state index contributed by atoms with van der Waals surface area (Å²) in [6, 6.07) is 28.3. The Labute approximate surface area is 555 Å². The van der Waals surface area contributed by atoms with Crippen molar-refractivity contribution in [1.29, 1.82) is 0 Å². The van der Waals surface area contributed by atoms with Crippen LogP contribution in [0.1, 0.15) is 197 Å². The van der Waals surface area contributed by atoms with E-state index in [1.807, 2.05) is 61.5 Å². The van der Waals surface area contributed by atoms with Gasteiger partial charge in [0.2, 0.25) is 6.10 Å². The Bertz CT molecular complexity index is 2680. The third-order valence-corrected chi connectivity index (χ3v) is 11.3. The maximum absolute atomic E-state index is 14.7. The zero-order chi connectivity index (χ0) is 118. The van der Waals surface area contributed by atoms with Gasteiger partial charge in [-0.1, -0.05) is 103 Å². The highest BCUT2D eigenvalue weighted by molar-refractivity contribution is 8.00. The van der Waals surface area contributed by atoms with Gasteiger partial charge in [0.25, 0.3) is 0 Å². The molecule has 496 valence electrons. The van der Waals surface area contributed by atoms with Crippen LogP contribution >= 0.6 is 11.8 Å². The standard InChI is InChI=1S/C29H35F4NO6S.C17H18O3.C12H22FNO4.30H2/c1-27(2,3)40-26(37)34(6)22(17-28(4,5)30)24(35)39-23(25(36)38-18-20-10-8-7-9-11-20)16-19-12-14-21(15-13-19)41-29(31,32)33;1-13-7-9-14(10-8-13)11-16(18)17(19)20-12-15-5-3-2-4-6-15;1-11(2,3)18-10(17)14(6)8(9(15)16)7-12(4,5)13;;;;;;;;;;;;;;;;;;;;;;;;;;;;;;/h7-15,22-23H,16-18H2,1-6H3;2-10,16,18H,11-12H2,1H3;8H,7H2,1-6H3,(H,15,16);30*1H/t22-,23-;16-;8-;;;;;;;;;;;;;;;;;;;;;;;;;;;;;;/m000............................../s1/i;;;29*1+1D;1+1. The number of benzene rings is 4. The molecule has 0 spiro atoms. The molecule has 0 radical (unpaired) electrons. The number of rotatable bonds is 20. The Morgan fingerprint density at radius 1 is 0.557 bits per heavy atom. The van der Waals surface area contributed by atoms with Crippen molar-refractivity contribution in [3.63, 3.8) is 0 Å². The molecule has 4 aromatic carbocycles. The van der Waals surface area contributed by atoms with Gasteiger partial charge in [0.05, 0.1) is 0 Å². The van der Waals surface area contributed by atoms with Crippen LogP contribution in [0.2, 0.25) is 0 Å². The lowest BCUT2D eigenvalue weighted by Gasteiger charge is -2.32. The van der Waals surface area contributed by atoms with E-state index in [2.05, 4.69) is 0 Å². The number of aryl methyl sites for hydroxylation is 1. The quantitative estimate of drug-likeness (QED) is 0.0367. The molecule has 15 nitrogen and oxygen atoms in total. The second-order valence-corrected chi connectivity index (χ2v) is 22.7. The number of carbonyl (C=O) groups excluding carboxylic acids is 5. The normalized spacial score (nSPS) is 16.2. The summed E-state index contributed by atoms with van der Waals surface area (Å²) < 4.78 is 383. The molecule has 4 rings (SSSR count). The molecule has 4 aromatic rings. The van der Waals surface area contributed by atoms with E-state index < -0.39 is 94.8 Å². The number of thioether (sulfide) groups is 1. The van der Waals surface area contributed by atoms with Crippen LogP contribution in [0.25, 0.3) is 0 Å². The summed E-state index contributed by atoms with van der Waals surface area (Å²) in [5.41, 5.74) is -5.66. The number of ether oxygens (including phenoxy) is 5. The topological polar surface area (TPSA) is 196 Å². The average molecular weight is 1260 g/mol. The molecule has 0 bridgehead atoms. The van der Waals surface area contributed by atoms with E-state index in [1.165, 1.54) is 66.1 Å². The Morgan fingerprint density at radius 2 is 0.949 bits per heavy atom. The van der Waals surface area contributed by atoms with Gasteiger partial charge in [-0.2, -0.15) is 13.2 Å². The number of amides is 2. The highest BCUT2D eigenvalue weighted by Crippen LogP contribution is 2.37. The van der Waals surface area contributed by atoms with Crippen LogP contribution in [0.3, 0.4) is 0 Å². The minimum absolute atomic E-state index is 0. The van der Waals surface area contributed by atoms with E-state index in [1.54, 1.807) is 71.9 Å². The maximum Gasteiger partial charge on any atom is 0.446 e. The van der Waals surface area contributed by atoms with Crippen LogP contribution in [0, 0.1) is 6.92 Å². The van der Waals surface area contributed by atoms with Crippen molar-refractivity contribution >= 4 is 47.8 Å². The number of carboxylic acids is 1. The second-order valence-electron chi connectivity index (χ2n) is 21.6. The highest BCUT2D eigenvalue weighted by Gasteiger charge is 2.39. The first-order valence-electron chi connectivity index (χ1n) is 54.0. The summed E-state index contributed by atoms with van der Waals surface area (Å²) in [4.78, 5) is 75.4. The van der Waals surface area contributed by atoms with Crippen molar-refractivity contribution in [2.75, 3.05) is 14.1 Å². The first-order chi connectivity index (χ1) is 65.3. The Morgan fingerprint density at radius 3 is 1.35 bits per heavy atom. The average Bonchev–Trinajstić information content (AvgIpc) is 0.835. The Hall–Kier alpha value is -6.74. The first-order valence-corrected chi connectivity index (χ1v) is 25.8. The zero-order valence-corrected chi connectivity index (χ0v) is 47.8. The number of carbonyl (C=O) groups is 6. The van der Waals surface area contributed by atoms with Gasteiger partial charge in [-0.25, -0.2) is 37.5 Å². The summed E-state index contributed by atoms with van der Waals surface area (Å²) in [6.07, 6.45) is -5.06. The molecule has 0 fully saturated rings. The lowest BCUT2D eigenvalue weighted by molar-refractivity contribution is -0.172. The van der Waals surface area contributed by atoms with E-state index in [9.17, 15) is 55.8 Å². The van der Waals surface area contributed by atoms with E-state index >= 15 is 0 Å². The molecule has 0 heterocycles. The van der Waals surface area contributed by atoms with Gasteiger partial charge in [-0.15, -0.1) is 0 Å². The maximum atomic E-state index is 14.7. The molecule has 0 saturated carbocycles. The highest BCUT2D eigenvalue weighted by atomic mass is 32.2. The van der Waals surface area contributed by atoms with E-state index in [0.717, 1.165) is 26.5 Å². The van der Waals surface area contributed by atoms with Gasteiger partial charge in [0.15, 0.2) is 6.10 Å². The SMILES string of the molecule is CN(C(=O)OC(C)(C)C)[C@@H](CC(C)(C)F)C(=O)O.CN(C(=O)OC(C)(C)C)[C@@H](CC(C)(C)F)C(=O)O[C@@H](Cc1ccc(SC(F)(F)F)cc1)C(=O)OCc1ccccc1.Cc1ccc(C[C@H](O)C(=O)OCc2ccccc2)cc1.[2HH].[2H][2H].[2H][2H].[2H][2H].[2H][2H].[2H][2H].[2H][2H].[2H][2H].[2H][2H].[2H][2H].[2H][2H].[2H][2H].[2H][2H].[2H][2H].[2H][2H].[2H][2H].[2H][2H].[2H][2H].[2H][2H].[2H][2H].[2H][2H].[2H][2H].[2H][2H].[2H][2H].[2H][2H].[2H][2H].[2H][2H].[2H][2H].[2H][2H].[2H][2H]. The summed E-state index contributed by atoms with van der Waals surface area (Å²) in [7, 11) is 2.55. The lowest BCUT2D eigenvalue weighted by Crippen LogP contribution is -2.49. The molecule has 21 heteroatoms. The van der Waals surface area contributed by atoms with E-state index in [0.29, 0.717) is 11.1 Å². The number of hydrogen-bond acceptors (Lipinski definition) is 13. The molecule has 0 unspecified atom stereocenters. The van der Waals surface area contributed by atoms with Crippen molar-refractivity contribution in [2.45, 2.75) is 172 Å². The molecule has 0 aliphatic heterocycles. The Kier molecular flexibility index (Phi) is 13.6. The van der Waals surface area contributed by atoms with Crippen LogP contribution in [0.4, 0.5) is 31.5 Å². The van der Waals surface area contributed by atoms with E-state index in [4.69, 9.17) is 115 Å². The smallest absolute Gasteiger partial charge is 0.446 e. The molecule has 4 atom stereocenters. The molecule has 79 heavy (non-hydrogen) atoms. The van der Waals surface area contributed by atoms with Crippen LogP contribution in [0.15, 0.2) is 114 Å². The summed E-state index contributed by atoms with van der Waals surface area (Å²) >= 11 is -0.292. The number of aliphatic hydroxyl groups is 1. The minimum atomic E-state index is -4.47. The number of alkyl halides is 5. The Balaban J connectivity index is -0.0000000390. The number of nitrogens with zero attached hydrogens (tertiary/aromatic N) is 2. The second kappa shape index (κ2) is 30.6. The third kappa shape index (κ3) is 29.2. The summed E-state index contributed by atoms with van der Waals surface area (Å²) in [5.74, 6) is -3.84. The molecular weight excluding hydrogens is 1060 g/mol. The molecule has 2 amide bonds. The number of esters is 3. The number of likely N-dealkylation sites (N-methyl/N-ethyl adjacent to an activating group) is 2. The number of halogens is 5. The fraction of sp³-hybridized carbons (Fsp3) is 0.483. The van der Waals surface area contributed by atoms with Crippen molar-refractivity contribution in [3.05, 3.63) is 137 Å². The van der Waals surface area contributed by atoms with Crippen molar-refractivity contribution < 1.29 is 172 Å². The third-order valence-electron chi connectivity index (χ3n) is 10.6. The number of carboxylic acid groups (broad SMARTS) is 1. The van der Waals surface area contributed by atoms with Crippen LogP contribution < -0.4 is 0 Å². The van der Waals surface area contributed by atoms with Crippen molar-refractivity contribution in [2.24, 2.45) is 0 Å². The van der Waals surface area contributed by atoms with Crippen LogP contribution in [-0.2, 0) is 68.9 Å². The van der Waals surface area contributed by atoms with Gasteiger partial charge in [-0.05, 0) is 122 Å². The zero-order valence-electron chi connectivity index (χ0n) is 105. The van der Waals surface area contributed by atoms with Crippen molar-refractivity contribution in [1.82, 2.24) is 9.80 Å². The predicted molar refractivity (Wildman–Crippen MR) is 352 cm³/mol. The van der Waals surface area contributed by atoms with E-state index in [-0.39, 0.29) is 50.6 Å². The monoisotopic (exact) mass is 1250 g/mol.